The van der Waals surface area contributed by atoms with Gasteiger partial charge < -0.3 is 5.73 Å². The number of halogens is 1. The lowest BCUT2D eigenvalue weighted by atomic mass is 10.1. The van der Waals surface area contributed by atoms with Gasteiger partial charge in [-0.3, -0.25) is 4.98 Å². The van der Waals surface area contributed by atoms with Crippen LogP contribution in [0.15, 0.2) is 36.0 Å². The molecule has 2 nitrogen and oxygen atoms in total. The second-order valence-corrected chi connectivity index (χ2v) is 3.87. The van der Waals surface area contributed by atoms with E-state index in [0.717, 1.165) is 4.88 Å². The van der Waals surface area contributed by atoms with Crippen LogP contribution in [0, 0.1) is 5.82 Å². The fourth-order valence-electron chi connectivity index (χ4n) is 1.26. The van der Waals surface area contributed by atoms with Crippen LogP contribution in [0.4, 0.5) is 4.39 Å². The highest BCUT2D eigenvalue weighted by Crippen LogP contribution is 2.24. The molecule has 4 heteroatoms. The lowest BCUT2D eigenvalue weighted by Gasteiger charge is -2.09. The molecule has 1 unspecified atom stereocenters. The average molecular weight is 208 g/mol. The molecule has 72 valence electrons. The molecule has 0 amide bonds. The predicted molar refractivity (Wildman–Crippen MR) is 54.5 cm³/mol. The van der Waals surface area contributed by atoms with E-state index < -0.39 is 6.04 Å². The van der Waals surface area contributed by atoms with Crippen LogP contribution in [0.25, 0.3) is 0 Å². The van der Waals surface area contributed by atoms with E-state index in [-0.39, 0.29) is 5.82 Å². The fourth-order valence-corrected chi connectivity index (χ4v) is 2.00. The number of rotatable bonds is 2. The van der Waals surface area contributed by atoms with Crippen molar-refractivity contribution in [1.29, 1.82) is 0 Å². The van der Waals surface area contributed by atoms with Crippen LogP contribution in [0.1, 0.15) is 16.5 Å². The van der Waals surface area contributed by atoms with Gasteiger partial charge in [0.25, 0.3) is 0 Å². The van der Waals surface area contributed by atoms with Gasteiger partial charge in [0.05, 0.1) is 12.2 Å². The molecule has 0 spiro atoms. The first-order valence-corrected chi connectivity index (χ1v) is 5.05. The van der Waals surface area contributed by atoms with E-state index in [2.05, 4.69) is 4.98 Å². The highest BCUT2D eigenvalue weighted by atomic mass is 32.1. The third-order valence-corrected chi connectivity index (χ3v) is 2.94. The van der Waals surface area contributed by atoms with Crippen molar-refractivity contribution >= 4 is 11.3 Å². The van der Waals surface area contributed by atoms with Crippen molar-refractivity contribution in [3.05, 3.63) is 52.2 Å². The Bertz CT molecular complexity index is 414. The summed E-state index contributed by atoms with van der Waals surface area (Å²) in [7, 11) is 0. The molecular weight excluding hydrogens is 199 g/mol. The summed E-state index contributed by atoms with van der Waals surface area (Å²) >= 11 is 1.52. The van der Waals surface area contributed by atoms with Gasteiger partial charge in [0.15, 0.2) is 0 Å². The van der Waals surface area contributed by atoms with Crippen LogP contribution >= 0.6 is 11.3 Å². The molecule has 0 fully saturated rings. The minimum absolute atomic E-state index is 0.353. The van der Waals surface area contributed by atoms with E-state index in [0.29, 0.717) is 5.56 Å². The predicted octanol–water partition coefficient (Wildman–Crippen LogP) is 2.33. The van der Waals surface area contributed by atoms with Crippen LogP contribution in [0.2, 0.25) is 0 Å². The molecule has 0 saturated heterocycles. The van der Waals surface area contributed by atoms with Crippen LogP contribution < -0.4 is 5.73 Å². The summed E-state index contributed by atoms with van der Waals surface area (Å²) in [6, 6.07) is 5.02. The number of thiophene rings is 1. The number of nitrogens with zero attached hydrogens (tertiary/aromatic N) is 1. The molecule has 2 N–H and O–H groups in total. The number of pyridine rings is 1. The summed E-state index contributed by atoms with van der Waals surface area (Å²) < 4.78 is 13.3. The number of nitrogens with two attached hydrogens (primary N) is 1. The standard InChI is InChI=1S/C10H9FN2S/c11-8-6-13-4-3-7(8)10(12)9-2-1-5-14-9/h1-6,10H,12H2. The Hall–Kier alpha value is -1.26. The summed E-state index contributed by atoms with van der Waals surface area (Å²) in [4.78, 5) is 4.64. The SMILES string of the molecule is NC(c1cccs1)c1ccncc1F. The molecule has 0 aromatic carbocycles. The lowest BCUT2D eigenvalue weighted by Crippen LogP contribution is -2.12. The molecular formula is C10H9FN2S. The summed E-state index contributed by atoms with van der Waals surface area (Å²) in [5.74, 6) is -0.353. The average Bonchev–Trinajstić information content (AvgIpc) is 2.70. The molecule has 0 bridgehead atoms. The Kier molecular flexibility index (Phi) is 2.56. The van der Waals surface area contributed by atoms with Gasteiger partial charge in [-0.05, 0) is 17.5 Å². The van der Waals surface area contributed by atoms with Crippen molar-refractivity contribution in [1.82, 2.24) is 4.98 Å². The lowest BCUT2D eigenvalue weighted by molar-refractivity contribution is 0.594. The largest absolute Gasteiger partial charge is 0.320 e. The highest BCUT2D eigenvalue weighted by Gasteiger charge is 2.13. The van der Waals surface area contributed by atoms with Crippen LogP contribution in [0.3, 0.4) is 0 Å². The van der Waals surface area contributed by atoms with E-state index in [9.17, 15) is 4.39 Å². The van der Waals surface area contributed by atoms with Gasteiger partial charge in [0, 0.05) is 16.6 Å². The van der Waals surface area contributed by atoms with Gasteiger partial charge in [-0.15, -0.1) is 11.3 Å². The smallest absolute Gasteiger partial charge is 0.146 e. The van der Waals surface area contributed by atoms with Crippen molar-refractivity contribution in [2.24, 2.45) is 5.73 Å². The normalized spacial score (nSPS) is 12.7. The Morgan fingerprint density at radius 3 is 2.93 bits per heavy atom. The molecule has 2 aromatic rings. The topological polar surface area (TPSA) is 38.9 Å². The third-order valence-electron chi connectivity index (χ3n) is 1.99. The van der Waals surface area contributed by atoms with E-state index in [1.165, 1.54) is 17.5 Å². The molecule has 0 saturated carbocycles. The third kappa shape index (κ3) is 1.66. The Balaban J connectivity index is 2.37. The molecule has 0 aliphatic rings. The molecule has 14 heavy (non-hydrogen) atoms. The monoisotopic (exact) mass is 208 g/mol. The van der Waals surface area contributed by atoms with Crippen molar-refractivity contribution in [3.63, 3.8) is 0 Å². The van der Waals surface area contributed by atoms with Crippen LogP contribution in [0.5, 0.6) is 0 Å². The second-order valence-electron chi connectivity index (χ2n) is 2.89. The zero-order valence-corrected chi connectivity index (χ0v) is 8.17. The first kappa shape index (κ1) is 9.30. The summed E-state index contributed by atoms with van der Waals surface area (Å²) in [6.45, 7) is 0. The Morgan fingerprint density at radius 1 is 1.43 bits per heavy atom. The van der Waals surface area contributed by atoms with Gasteiger partial charge in [0.1, 0.15) is 5.82 Å². The van der Waals surface area contributed by atoms with E-state index >= 15 is 0 Å². The molecule has 2 heterocycles. The number of hydrogen-bond donors (Lipinski definition) is 1. The van der Waals surface area contributed by atoms with Gasteiger partial charge in [0.2, 0.25) is 0 Å². The molecule has 2 aromatic heterocycles. The molecule has 2 rings (SSSR count). The summed E-state index contributed by atoms with van der Waals surface area (Å²) in [5.41, 5.74) is 6.39. The quantitative estimate of drug-likeness (QED) is 0.822. The maximum absolute atomic E-state index is 13.3. The van der Waals surface area contributed by atoms with Crippen molar-refractivity contribution < 1.29 is 4.39 Å². The van der Waals surface area contributed by atoms with E-state index in [4.69, 9.17) is 5.73 Å². The molecule has 0 aliphatic carbocycles. The zero-order chi connectivity index (χ0) is 9.97. The van der Waals surface area contributed by atoms with Gasteiger partial charge in [-0.25, -0.2) is 4.39 Å². The molecule has 0 radical (unpaired) electrons. The first-order chi connectivity index (χ1) is 6.79. The Labute approximate surface area is 85.2 Å². The van der Waals surface area contributed by atoms with Crippen molar-refractivity contribution in [3.8, 4) is 0 Å². The highest BCUT2D eigenvalue weighted by molar-refractivity contribution is 7.10. The minimum atomic E-state index is -0.391. The van der Waals surface area contributed by atoms with E-state index in [1.54, 1.807) is 12.3 Å². The van der Waals surface area contributed by atoms with Crippen LogP contribution in [-0.4, -0.2) is 4.98 Å². The van der Waals surface area contributed by atoms with Gasteiger partial charge >= 0.3 is 0 Å². The second kappa shape index (κ2) is 3.86. The molecule has 1 atom stereocenters. The fraction of sp³-hybridized carbons (Fsp3) is 0.100. The van der Waals surface area contributed by atoms with Crippen molar-refractivity contribution in [2.75, 3.05) is 0 Å². The minimum Gasteiger partial charge on any atom is -0.320 e. The van der Waals surface area contributed by atoms with Gasteiger partial charge in [-0.1, -0.05) is 6.07 Å². The van der Waals surface area contributed by atoms with Gasteiger partial charge in [-0.2, -0.15) is 0 Å². The summed E-state index contributed by atoms with van der Waals surface area (Å²) in [6.07, 6.45) is 2.73. The van der Waals surface area contributed by atoms with Crippen molar-refractivity contribution in [2.45, 2.75) is 6.04 Å². The Morgan fingerprint density at radius 2 is 2.29 bits per heavy atom. The number of aromatic nitrogens is 1. The number of hydrogen-bond acceptors (Lipinski definition) is 3. The maximum Gasteiger partial charge on any atom is 0.146 e. The zero-order valence-electron chi connectivity index (χ0n) is 7.35. The summed E-state index contributed by atoms with van der Waals surface area (Å²) in [5, 5.41) is 1.92. The first-order valence-electron chi connectivity index (χ1n) is 4.17. The van der Waals surface area contributed by atoms with E-state index in [1.807, 2.05) is 17.5 Å². The molecule has 0 aliphatic heterocycles. The maximum atomic E-state index is 13.3. The van der Waals surface area contributed by atoms with Crippen LogP contribution in [-0.2, 0) is 0 Å².